The maximum atomic E-state index is 13.2. The van der Waals surface area contributed by atoms with Gasteiger partial charge in [-0.25, -0.2) is 0 Å². The number of nitrogens with one attached hydrogen (secondary N) is 1. The van der Waals surface area contributed by atoms with E-state index >= 15 is 0 Å². The number of amides is 1. The van der Waals surface area contributed by atoms with Crippen LogP contribution < -0.4 is 10.9 Å². The zero-order valence-corrected chi connectivity index (χ0v) is 34.5. The molecule has 314 valence electrons. The first-order valence-corrected chi connectivity index (χ1v) is 19.3. The predicted octanol–water partition coefficient (Wildman–Crippen LogP) is 3.44. The van der Waals surface area contributed by atoms with Crippen LogP contribution >= 0.6 is 0 Å². The molecule has 1 aromatic rings. The van der Waals surface area contributed by atoms with Crippen LogP contribution in [0.25, 0.3) is 0 Å². The maximum Gasteiger partial charge on any atom is 0.261 e. The minimum atomic E-state index is -2.01. The third-order valence-corrected chi connectivity index (χ3v) is 10.8. The topological polar surface area (TPSA) is 197 Å². The van der Waals surface area contributed by atoms with Crippen LogP contribution in [0.2, 0.25) is 0 Å². The largest absolute Gasteiger partial charge is 0.390 e. The number of ketones is 1. The van der Waals surface area contributed by atoms with Gasteiger partial charge in [-0.2, -0.15) is 0 Å². The monoisotopic (exact) mass is 794 g/mol. The van der Waals surface area contributed by atoms with E-state index in [-0.39, 0.29) is 42.2 Å². The molecule has 0 saturated carbocycles. The molecular formula is C44H62N2O11. The highest BCUT2D eigenvalue weighted by Crippen LogP contribution is 2.40. The summed E-state index contributed by atoms with van der Waals surface area (Å²) in [5.74, 6) is -4.24. The number of carbonyl (C=O) groups excluding carboxylic acids is 2. The van der Waals surface area contributed by atoms with Gasteiger partial charge in [0, 0.05) is 39.2 Å². The van der Waals surface area contributed by atoms with E-state index in [1.807, 2.05) is 26.8 Å². The average Bonchev–Trinajstić information content (AvgIpc) is 3.44. The van der Waals surface area contributed by atoms with Gasteiger partial charge in [-0.3, -0.25) is 14.4 Å². The van der Waals surface area contributed by atoms with Gasteiger partial charge < -0.3 is 49.6 Å². The third-order valence-electron chi connectivity index (χ3n) is 10.8. The second-order valence-electron chi connectivity index (χ2n) is 15.1. The van der Waals surface area contributed by atoms with Crippen molar-refractivity contribution in [2.24, 2.45) is 18.9 Å². The molecule has 1 aromatic heterocycles. The molecule has 0 aliphatic carbocycles. The lowest BCUT2D eigenvalue weighted by Gasteiger charge is -2.49. The van der Waals surface area contributed by atoms with Crippen LogP contribution in [-0.2, 0) is 26.1 Å². The molecule has 1 amide bonds. The first-order valence-electron chi connectivity index (χ1n) is 19.3. The van der Waals surface area contributed by atoms with Crippen LogP contribution in [0.1, 0.15) is 70.3 Å². The Morgan fingerprint density at radius 2 is 1.74 bits per heavy atom. The summed E-state index contributed by atoms with van der Waals surface area (Å²) >= 11 is 0. The molecule has 11 atom stereocenters. The molecule has 0 aromatic carbocycles. The normalized spacial score (nSPS) is 30.6. The molecule has 0 bridgehead atoms. The molecular weight excluding hydrogens is 732 g/mol. The first-order chi connectivity index (χ1) is 26.9. The molecule has 2 aliphatic rings. The van der Waals surface area contributed by atoms with Crippen LogP contribution in [0.3, 0.4) is 0 Å². The van der Waals surface area contributed by atoms with Gasteiger partial charge in [0.05, 0.1) is 29.8 Å². The molecule has 0 spiro atoms. The van der Waals surface area contributed by atoms with Crippen molar-refractivity contribution in [2.45, 2.75) is 115 Å². The number of hydrogen-bond donors (Lipinski definition) is 6. The van der Waals surface area contributed by atoms with Crippen molar-refractivity contribution >= 4 is 11.7 Å². The summed E-state index contributed by atoms with van der Waals surface area (Å²) in [6.07, 6.45) is 14.8. The van der Waals surface area contributed by atoms with E-state index in [1.54, 1.807) is 108 Å². The molecule has 3 heterocycles. The van der Waals surface area contributed by atoms with Gasteiger partial charge in [-0.15, -0.1) is 0 Å². The number of hydrogen-bond acceptors (Lipinski definition) is 11. The van der Waals surface area contributed by atoms with Crippen molar-refractivity contribution in [3.05, 3.63) is 118 Å². The van der Waals surface area contributed by atoms with Crippen molar-refractivity contribution < 1.29 is 49.3 Å². The Kier molecular flexibility index (Phi) is 17.5. The molecule has 57 heavy (non-hydrogen) atoms. The molecule has 0 radical (unpaired) electrons. The van der Waals surface area contributed by atoms with Crippen LogP contribution in [-0.4, -0.2) is 110 Å². The highest BCUT2D eigenvalue weighted by molar-refractivity contribution is 6.09. The van der Waals surface area contributed by atoms with E-state index in [4.69, 9.17) is 14.2 Å². The molecule has 10 unspecified atom stereocenters. The fourth-order valence-electron chi connectivity index (χ4n) is 7.19. The summed E-state index contributed by atoms with van der Waals surface area (Å²) < 4.78 is 19.1. The zero-order valence-electron chi connectivity index (χ0n) is 34.5. The number of rotatable bonds is 17. The van der Waals surface area contributed by atoms with E-state index in [2.05, 4.69) is 5.32 Å². The molecule has 13 nitrogen and oxygen atoms in total. The van der Waals surface area contributed by atoms with Gasteiger partial charge in [-0.1, -0.05) is 86.8 Å². The van der Waals surface area contributed by atoms with E-state index in [0.29, 0.717) is 11.1 Å². The lowest BCUT2D eigenvalue weighted by molar-refractivity contribution is -0.329. The Morgan fingerprint density at radius 1 is 1.05 bits per heavy atom. The minimum absolute atomic E-state index is 0.129. The van der Waals surface area contributed by atoms with Gasteiger partial charge in [0.1, 0.15) is 30.0 Å². The van der Waals surface area contributed by atoms with Gasteiger partial charge in [-0.05, 0) is 63.8 Å². The summed E-state index contributed by atoms with van der Waals surface area (Å²) in [7, 11) is 3.13. The Balaban J connectivity index is 1.59. The second-order valence-corrected chi connectivity index (χ2v) is 15.1. The standard InChI is InChI=1S/C44H62N2O11/c1-10-12-14-22-34-43(7,53)33(47)26-44(54,57-34)31(11-2)41(51)45-24-18-17-20-29(5)39(55-9)30(6)40-38(50)37(49)32(56-40)21-16-13-15-19-28(4)36(48)35-27(3)23-25-46(8)42(35)52/h10,12-23,25,30-34,37-40,47,49-50,53-54H,11,24,26H2,1-9H3,(H,45,51)/b12-10-,15-13+,18-17+,21-16+,22-14+,28-19+,29-20+/t30?,31?,32?,33?,34?,37?,38?,39-,40?,43?,44?/m1/s1. The lowest BCUT2D eigenvalue weighted by Crippen LogP contribution is -2.64. The van der Waals surface area contributed by atoms with Crippen LogP contribution in [0.4, 0.5) is 0 Å². The third kappa shape index (κ3) is 11.5. The molecule has 2 fully saturated rings. The number of nitrogens with zero attached hydrogens (tertiary/aromatic N) is 1. The Labute approximate surface area is 336 Å². The summed E-state index contributed by atoms with van der Waals surface area (Å²) in [6.45, 7) is 12.2. The number of methoxy groups -OCH3 is 1. The lowest BCUT2D eigenvalue weighted by atomic mass is 9.79. The number of aryl methyl sites for hydroxylation is 2. The highest BCUT2D eigenvalue weighted by atomic mass is 16.6. The highest BCUT2D eigenvalue weighted by Gasteiger charge is 2.55. The second kappa shape index (κ2) is 21.1. The summed E-state index contributed by atoms with van der Waals surface area (Å²) in [5.41, 5.74) is -0.110. The maximum absolute atomic E-state index is 13.2. The SMILES string of the molecule is C/C=C\C=C\C1OC(O)(C(CC)C(=O)NC/C=C/C=C(\C)[C@@H](OC)C(C)C2OC(/C=C/C=C/C=C(\C)C(=O)c3c(C)ccn(C)c3=O)C(O)C2O)CC(O)C1(C)O. The molecule has 13 heteroatoms. The fraction of sp³-hybridized carbons (Fsp3) is 0.523. The van der Waals surface area contributed by atoms with E-state index in [1.165, 1.54) is 17.6 Å². The molecule has 2 aliphatic heterocycles. The number of pyridine rings is 1. The number of carbonyl (C=O) groups is 2. The number of allylic oxidation sites excluding steroid dienone is 10. The van der Waals surface area contributed by atoms with Crippen LogP contribution in [0.15, 0.2) is 101 Å². The summed E-state index contributed by atoms with van der Waals surface area (Å²) in [5, 5.41) is 57.5. The van der Waals surface area contributed by atoms with E-state index in [9.17, 15) is 39.9 Å². The van der Waals surface area contributed by atoms with E-state index in [0.717, 1.165) is 5.57 Å². The van der Waals surface area contributed by atoms with Crippen molar-refractivity contribution in [1.82, 2.24) is 9.88 Å². The van der Waals surface area contributed by atoms with Crippen molar-refractivity contribution in [1.29, 1.82) is 0 Å². The van der Waals surface area contributed by atoms with E-state index < -0.39 is 65.9 Å². The van der Waals surface area contributed by atoms with Gasteiger partial charge in [0.15, 0.2) is 11.6 Å². The summed E-state index contributed by atoms with van der Waals surface area (Å²) in [6, 6.07) is 1.72. The zero-order chi connectivity index (χ0) is 42.7. The van der Waals surface area contributed by atoms with Gasteiger partial charge >= 0.3 is 0 Å². The Bertz CT molecular complexity index is 1820. The first kappa shape index (κ1) is 47.3. The van der Waals surface area contributed by atoms with Gasteiger partial charge in [0.25, 0.3) is 5.56 Å². The van der Waals surface area contributed by atoms with Crippen LogP contribution in [0, 0.1) is 18.8 Å². The summed E-state index contributed by atoms with van der Waals surface area (Å²) in [4.78, 5) is 38.6. The molecule has 6 N–H and O–H groups in total. The molecule has 2 saturated heterocycles. The number of aliphatic hydroxyl groups excluding tert-OH is 3. The van der Waals surface area contributed by atoms with Gasteiger partial charge in [0.2, 0.25) is 5.91 Å². The number of Topliss-reactive ketones (excluding diaryl/α,β-unsaturated/α-hetero) is 1. The predicted molar refractivity (Wildman–Crippen MR) is 218 cm³/mol. The minimum Gasteiger partial charge on any atom is -0.390 e. The Hall–Kier alpha value is -4.05. The molecule has 3 rings (SSSR count). The van der Waals surface area contributed by atoms with Crippen molar-refractivity contribution in [2.75, 3.05) is 13.7 Å². The smallest absolute Gasteiger partial charge is 0.261 e. The van der Waals surface area contributed by atoms with Crippen LogP contribution in [0.5, 0.6) is 0 Å². The fourth-order valence-corrected chi connectivity index (χ4v) is 7.19. The number of aliphatic hydroxyl groups is 5. The Morgan fingerprint density at radius 3 is 2.39 bits per heavy atom. The van der Waals surface area contributed by atoms with Crippen molar-refractivity contribution in [3.63, 3.8) is 0 Å². The van der Waals surface area contributed by atoms with Crippen molar-refractivity contribution in [3.8, 4) is 0 Å². The quantitative estimate of drug-likeness (QED) is 0.0768. The number of ether oxygens (including phenoxy) is 3. The average molecular weight is 795 g/mol. The number of aromatic nitrogens is 1.